The van der Waals surface area contributed by atoms with Crippen molar-refractivity contribution >= 4 is 17.5 Å². The fourth-order valence-corrected chi connectivity index (χ4v) is 2.61. The van der Waals surface area contributed by atoms with Gasteiger partial charge < -0.3 is 28.3 Å². The normalized spacial score (nSPS) is 10.0. The molecule has 0 atom stereocenters. The largest absolute Gasteiger partial charge is 2.00 e. The number of halogens is 1. The summed E-state index contributed by atoms with van der Waals surface area (Å²) in [5, 5.41) is 0. The fourth-order valence-electron chi connectivity index (χ4n) is 2.61. The molecule has 0 aliphatic carbocycles. The molecule has 0 bridgehead atoms. The number of nitrogens with two attached hydrogens (primary N) is 3. The molecule has 0 aliphatic heterocycles. The predicted molar refractivity (Wildman–Crippen MR) is 109 cm³/mol. The molecule has 0 fully saturated rings. The van der Waals surface area contributed by atoms with Gasteiger partial charge in [0.2, 0.25) is 0 Å². The minimum absolute atomic E-state index is 0. The van der Waals surface area contributed by atoms with E-state index in [2.05, 4.69) is 19.9 Å². The first kappa shape index (κ1) is 30.8. The van der Waals surface area contributed by atoms with Gasteiger partial charge >= 0.3 is 17.1 Å². The molecule has 34 heavy (non-hydrogen) atoms. The van der Waals surface area contributed by atoms with Crippen LogP contribution in [-0.4, -0.2) is 19.9 Å². The molecule has 0 aromatic carbocycles. The van der Waals surface area contributed by atoms with Crippen molar-refractivity contribution < 1.29 is 45.9 Å². The van der Waals surface area contributed by atoms with Crippen LogP contribution in [-0.2, 0) is 36.7 Å². The zero-order valence-corrected chi connectivity index (χ0v) is 19.2. The topological polar surface area (TPSA) is 271 Å². The first-order valence-corrected chi connectivity index (χ1v) is 10.2. The first-order chi connectivity index (χ1) is 15.5. The molecule has 0 amide bonds. The molecule has 16 heteroatoms. The minimum atomic E-state index is -4.94. The Morgan fingerprint density at radius 3 is 1.12 bits per heavy atom. The van der Waals surface area contributed by atoms with Crippen LogP contribution in [0.5, 0.6) is 0 Å². The van der Waals surface area contributed by atoms with Crippen LogP contribution in [0.15, 0.2) is 54.6 Å². The van der Waals surface area contributed by atoms with E-state index in [9.17, 15) is 0 Å². The molecule has 0 saturated carbocycles. The van der Waals surface area contributed by atoms with Gasteiger partial charge in [0.15, 0.2) is 0 Å². The Morgan fingerprint density at radius 1 is 0.676 bits per heavy atom. The molecule has 0 unspecified atom stereocenters. The van der Waals surface area contributed by atoms with Crippen molar-refractivity contribution in [3.8, 4) is 0 Å². The van der Waals surface area contributed by atoms with Gasteiger partial charge in [-0.25, -0.2) is 33.6 Å². The van der Waals surface area contributed by atoms with E-state index in [4.69, 9.17) is 46.9 Å². The van der Waals surface area contributed by atoms with E-state index < -0.39 is 10.2 Å². The number of aromatic nitrogens is 3. The molecule has 6 N–H and O–H groups in total. The molecular weight excluding hydrogens is 519 g/mol. The molecule has 3 aromatic heterocycles. The summed E-state index contributed by atoms with van der Waals surface area (Å²) in [5.74, 6) is 1.50. The van der Waals surface area contributed by atoms with Crippen molar-refractivity contribution in [1.82, 2.24) is 19.9 Å². The maximum absolute atomic E-state index is 8.49. The molecular formula is C18H21ClCuN10O4. The number of nitrogen functional groups attached to an aromatic ring is 3. The van der Waals surface area contributed by atoms with Crippen LogP contribution < -0.4 is 35.8 Å². The average Bonchev–Trinajstić information content (AvgIpc) is 2.67. The summed E-state index contributed by atoms with van der Waals surface area (Å²) in [6.45, 7) is 1.83. The molecule has 0 saturated heterocycles. The summed E-state index contributed by atoms with van der Waals surface area (Å²) in [6.07, 6.45) is 0. The number of nitrogens with zero attached hydrogens (tertiary/aromatic N) is 7. The Labute approximate surface area is 207 Å². The number of hydrogen-bond donors (Lipinski definition) is 3. The van der Waals surface area contributed by atoms with E-state index in [0.29, 0.717) is 37.1 Å². The maximum atomic E-state index is 8.49. The second-order valence-electron chi connectivity index (χ2n) is 6.27. The number of anilines is 3. The monoisotopic (exact) mass is 539 g/mol. The van der Waals surface area contributed by atoms with Gasteiger partial charge in [0.05, 0.1) is 17.1 Å². The zero-order chi connectivity index (χ0) is 24.9. The van der Waals surface area contributed by atoms with Crippen LogP contribution >= 0.6 is 0 Å². The second kappa shape index (κ2) is 15.6. The first-order valence-electron chi connectivity index (χ1n) is 8.97. The standard InChI is InChI=1S/C18H21N7.ClHO4.Cu.N3/c19-16-7-1-4-13(22-16)10-25(11-14-5-2-8-17(20)23-14)12-15-6-3-9-18(21)24-15;2-1(3,4)5;;1-3-2/h1-9H,10-12H2,(H2,19,22)(H2,20,23)(H2,21,24);(H,2,3,4,5);;/q;;+2;-1/p-1. The van der Waals surface area contributed by atoms with Gasteiger partial charge in [0.25, 0.3) is 0 Å². The Kier molecular flexibility index (Phi) is 14.1. The summed E-state index contributed by atoms with van der Waals surface area (Å²) >= 11 is 0. The van der Waals surface area contributed by atoms with E-state index >= 15 is 0 Å². The van der Waals surface area contributed by atoms with Gasteiger partial charge in [-0.3, -0.25) is 9.81 Å². The molecule has 1 radical (unpaired) electrons. The van der Waals surface area contributed by atoms with E-state index in [0.717, 1.165) is 17.1 Å². The SMILES string of the molecule is Nc1cccc(CN(Cc2cccc(N)n2)Cc2cccc(N)n2)n1.[Cu+2].[N-]=[N+]=[N-].[O-][Cl+3]([O-])([O-])[O-]. The molecule has 3 heterocycles. The third-order valence-electron chi connectivity index (χ3n) is 3.64. The Bertz CT molecular complexity index is 932. The van der Waals surface area contributed by atoms with Gasteiger partial charge in [0, 0.05) is 19.6 Å². The number of pyridine rings is 3. The van der Waals surface area contributed by atoms with Gasteiger partial charge in [-0.2, -0.15) is 0 Å². The van der Waals surface area contributed by atoms with Gasteiger partial charge in [-0.1, -0.05) is 18.2 Å². The quantitative estimate of drug-likeness (QED) is 0.132. The summed E-state index contributed by atoms with van der Waals surface area (Å²) in [5.41, 5.74) is 33.5. The van der Waals surface area contributed by atoms with Crippen LogP contribution in [0.2, 0.25) is 0 Å². The van der Waals surface area contributed by atoms with Gasteiger partial charge in [-0.05, 0) is 36.4 Å². The van der Waals surface area contributed by atoms with Crippen molar-refractivity contribution in [2.24, 2.45) is 0 Å². The van der Waals surface area contributed by atoms with Crippen molar-refractivity contribution in [3.05, 3.63) is 87.7 Å². The Hall–Kier alpha value is -3.23. The van der Waals surface area contributed by atoms with E-state index in [1.54, 1.807) is 18.2 Å². The van der Waals surface area contributed by atoms with E-state index in [1.807, 2.05) is 36.4 Å². The summed E-state index contributed by atoms with van der Waals surface area (Å²) in [4.78, 5) is 16.8. The fraction of sp³-hybridized carbons (Fsp3) is 0.167. The van der Waals surface area contributed by atoms with Gasteiger partial charge in [-0.15, -0.1) is 10.2 Å². The molecule has 14 nitrogen and oxygen atoms in total. The van der Waals surface area contributed by atoms with Crippen molar-refractivity contribution in [2.75, 3.05) is 17.2 Å². The molecule has 185 valence electrons. The summed E-state index contributed by atoms with van der Waals surface area (Å²) in [7, 11) is -4.94. The number of hydrogen-bond acceptors (Lipinski definition) is 11. The molecule has 3 rings (SSSR count). The minimum Gasteiger partial charge on any atom is -0.384 e. The Morgan fingerprint density at radius 2 is 0.912 bits per heavy atom. The van der Waals surface area contributed by atoms with Crippen LogP contribution in [0.4, 0.5) is 17.5 Å². The third kappa shape index (κ3) is 14.8. The van der Waals surface area contributed by atoms with Crippen LogP contribution in [0.3, 0.4) is 0 Å². The molecule has 3 aromatic rings. The zero-order valence-electron chi connectivity index (χ0n) is 17.5. The average molecular weight is 540 g/mol. The molecule has 0 spiro atoms. The van der Waals surface area contributed by atoms with Crippen molar-refractivity contribution in [1.29, 1.82) is 0 Å². The second-order valence-corrected chi connectivity index (χ2v) is 7.03. The van der Waals surface area contributed by atoms with Crippen LogP contribution in [0.25, 0.3) is 16.0 Å². The summed E-state index contributed by atoms with van der Waals surface area (Å²) < 4.78 is 34.0. The van der Waals surface area contributed by atoms with Crippen molar-refractivity contribution in [2.45, 2.75) is 19.6 Å². The van der Waals surface area contributed by atoms with Gasteiger partial charge in [0.1, 0.15) is 17.5 Å². The smallest absolute Gasteiger partial charge is 0.384 e. The Balaban J connectivity index is 0.00000106. The predicted octanol–water partition coefficient (Wildman–Crippen LogP) is -2.07. The molecule has 0 aliphatic rings. The van der Waals surface area contributed by atoms with E-state index in [1.165, 1.54) is 4.91 Å². The third-order valence-corrected chi connectivity index (χ3v) is 3.64. The van der Waals surface area contributed by atoms with E-state index in [-0.39, 0.29) is 17.1 Å². The number of rotatable bonds is 6. The van der Waals surface area contributed by atoms with Crippen LogP contribution in [0.1, 0.15) is 17.1 Å². The van der Waals surface area contributed by atoms with Crippen LogP contribution in [0, 0.1) is 10.2 Å². The van der Waals surface area contributed by atoms with Crippen molar-refractivity contribution in [3.63, 3.8) is 0 Å². The summed E-state index contributed by atoms with van der Waals surface area (Å²) in [6, 6.07) is 16.8. The maximum Gasteiger partial charge on any atom is 2.00 e.